The van der Waals surface area contributed by atoms with E-state index in [0.717, 1.165) is 29.9 Å². The average molecular weight is 230 g/mol. The minimum absolute atomic E-state index is 0.708. The Kier molecular flexibility index (Phi) is 3.94. The Morgan fingerprint density at radius 3 is 2.88 bits per heavy atom. The van der Waals surface area contributed by atoms with Crippen LogP contribution in [0.1, 0.15) is 19.0 Å². The molecule has 3 nitrogen and oxygen atoms in total. The van der Waals surface area contributed by atoms with Gasteiger partial charge in [-0.15, -0.1) is 0 Å². The van der Waals surface area contributed by atoms with Crippen LogP contribution in [0.15, 0.2) is 30.3 Å². The molecule has 0 aliphatic rings. The molecule has 0 aliphatic heterocycles. The number of hydrogen-bond donors (Lipinski definition) is 1. The van der Waals surface area contributed by atoms with Crippen LogP contribution in [0.3, 0.4) is 0 Å². The van der Waals surface area contributed by atoms with Gasteiger partial charge < -0.3 is 10.1 Å². The molecule has 0 aliphatic carbocycles. The number of rotatable bonds is 5. The van der Waals surface area contributed by atoms with Crippen LogP contribution in [0, 0.1) is 0 Å². The maximum Gasteiger partial charge on any atom is 0.221 e. The van der Waals surface area contributed by atoms with Crippen molar-refractivity contribution in [2.45, 2.75) is 19.9 Å². The van der Waals surface area contributed by atoms with Gasteiger partial charge in [-0.1, -0.05) is 25.1 Å². The van der Waals surface area contributed by atoms with Gasteiger partial charge in [0.25, 0.3) is 0 Å². The standard InChI is InChI=1S/C14H18N2O/c1-3-8-17-14-13-7-5-4-6-11(13)9-12(16-14)10-15-2/h4-7,9,15H,3,8,10H2,1-2H3. The molecule has 1 aromatic carbocycles. The van der Waals surface area contributed by atoms with E-state index in [2.05, 4.69) is 35.4 Å². The van der Waals surface area contributed by atoms with E-state index < -0.39 is 0 Å². The van der Waals surface area contributed by atoms with Crippen molar-refractivity contribution < 1.29 is 4.74 Å². The van der Waals surface area contributed by atoms with Crippen molar-refractivity contribution >= 4 is 10.8 Å². The van der Waals surface area contributed by atoms with Gasteiger partial charge in [-0.2, -0.15) is 0 Å². The van der Waals surface area contributed by atoms with Crippen molar-refractivity contribution in [1.82, 2.24) is 10.3 Å². The Labute approximate surface area is 102 Å². The Morgan fingerprint density at radius 1 is 1.29 bits per heavy atom. The molecule has 0 unspecified atom stereocenters. The fourth-order valence-corrected chi connectivity index (χ4v) is 1.80. The van der Waals surface area contributed by atoms with Crippen molar-refractivity contribution in [2.24, 2.45) is 0 Å². The molecule has 1 aromatic heterocycles. The summed E-state index contributed by atoms with van der Waals surface area (Å²) in [6, 6.07) is 10.3. The van der Waals surface area contributed by atoms with Crippen LogP contribution < -0.4 is 10.1 Å². The van der Waals surface area contributed by atoms with Gasteiger partial charge in [-0.3, -0.25) is 0 Å². The van der Waals surface area contributed by atoms with Gasteiger partial charge in [-0.25, -0.2) is 4.98 Å². The second-order valence-corrected chi connectivity index (χ2v) is 4.02. The molecule has 1 heterocycles. The maximum atomic E-state index is 5.72. The van der Waals surface area contributed by atoms with E-state index in [1.165, 1.54) is 5.39 Å². The molecule has 17 heavy (non-hydrogen) atoms. The average Bonchev–Trinajstić information content (AvgIpc) is 2.36. The predicted molar refractivity (Wildman–Crippen MR) is 70.3 cm³/mol. The van der Waals surface area contributed by atoms with Gasteiger partial charge in [0, 0.05) is 11.9 Å². The summed E-state index contributed by atoms with van der Waals surface area (Å²) >= 11 is 0. The number of hydrogen-bond acceptors (Lipinski definition) is 3. The third-order valence-electron chi connectivity index (χ3n) is 2.56. The van der Waals surface area contributed by atoms with Gasteiger partial charge in [-0.05, 0) is 31.0 Å². The third kappa shape index (κ3) is 2.74. The van der Waals surface area contributed by atoms with E-state index in [-0.39, 0.29) is 0 Å². The number of benzene rings is 1. The van der Waals surface area contributed by atoms with Gasteiger partial charge in [0.05, 0.1) is 12.3 Å². The van der Waals surface area contributed by atoms with Crippen LogP contribution in [-0.4, -0.2) is 18.6 Å². The van der Waals surface area contributed by atoms with Crippen molar-refractivity contribution in [2.75, 3.05) is 13.7 Å². The number of fused-ring (bicyclic) bond motifs is 1. The fraction of sp³-hybridized carbons (Fsp3) is 0.357. The normalized spacial score (nSPS) is 10.7. The molecule has 2 aromatic rings. The lowest BCUT2D eigenvalue weighted by atomic mass is 10.1. The van der Waals surface area contributed by atoms with Crippen LogP contribution in [0.2, 0.25) is 0 Å². The summed E-state index contributed by atoms with van der Waals surface area (Å²) in [6.45, 7) is 3.56. The molecule has 3 heteroatoms. The van der Waals surface area contributed by atoms with Gasteiger partial charge >= 0.3 is 0 Å². The van der Waals surface area contributed by atoms with Crippen LogP contribution in [-0.2, 0) is 6.54 Å². The first-order valence-electron chi connectivity index (χ1n) is 6.01. The quantitative estimate of drug-likeness (QED) is 0.857. The molecule has 0 bridgehead atoms. The summed E-state index contributed by atoms with van der Waals surface area (Å²) in [6.07, 6.45) is 0.992. The lowest BCUT2D eigenvalue weighted by Gasteiger charge is -2.10. The molecular formula is C14H18N2O. The molecule has 90 valence electrons. The Balaban J connectivity index is 2.45. The number of aromatic nitrogens is 1. The van der Waals surface area contributed by atoms with Crippen LogP contribution in [0.25, 0.3) is 10.8 Å². The first-order valence-corrected chi connectivity index (χ1v) is 6.01. The SMILES string of the molecule is CCCOc1nc(CNC)cc2ccccc12. The van der Waals surface area contributed by atoms with E-state index in [9.17, 15) is 0 Å². The van der Waals surface area contributed by atoms with Gasteiger partial charge in [0.2, 0.25) is 5.88 Å². The highest BCUT2D eigenvalue weighted by Gasteiger charge is 2.06. The summed E-state index contributed by atoms with van der Waals surface area (Å²) in [4.78, 5) is 4.54. The lowest BCUT2D eigenvalue weighted by molar-refractivity contribution is 0.308. The highest BCUT2D eigenvalue weighted by molar-refractivity contribution is 5.87. The first-order chi connectivity index (χ1) is 8.35. The van der Waals surface area contributed by atoms with E-state index >= 15 is 0 Å². The van der Waals surface area contributed by atoms with E-state index in [1.54, 1.807) is 0 Å². The molecule has 0 fully saturated rings. The summed E-state index contributed by atoms with van der Waals surface area (Å²) in [5.74, 6) is 0.746. The fourth-order valence-electron chi connectivity index (χ4n) is 1.80. The smallest absolute Gasteiger partial charge is 0.221 e. The Morgan fingerprint density at radius 2 is 2.12 bits per heavy atom. The molecule has 1 N–H and O–H groups in total. The van der Waals surface area contributed by atoms with E-state index in [1.807, 2.05) is 19.2 Å². The van der Waals surface area contributed by atoms with E-state index in [4.69, 9.17) is 4.74 Å². The predicted octanol–water partition coefficient (Wildman–Crippen LogP) is 2.74. The monoisotopic (exact) mass is 230 g/mol. The molecular weight excluding hydrogens is 212 g/mol. The first kappa shape index (κ1) is 11.9. The second kappa shape index (κ2) is 5.64. The zero-order valence-corrected chi connectivity index (χ0v) is 10.4. The van der Waals surface area contributed by atoms with Crippen LogP contribution >= 0.6 is 0 Å². The minimum atomic E-state index is 0.708. The number of ether oxygens (including phenoxy) is 1. The minimum Gasteiger partial charge on any atom is -0.477 e. The van der Waals surface area contributed by atoms with Crippen molar-refractivity contribution in [3.63, 3.8) is 0 Å². The summed E-state index contributed by atoms with van der Waals surface area (Å²) in [5, 5.41) is 5.38. The molecule has 0 atom stereocenters. The molecule has 2 rings (SSSR count). The summed E-state index contributed by atoms with van der Waals surface area (Å²) in [7, 11) is 1.92. The molecule has 0 spiro atoms. The molecule has 0 saturated carbocycles. The molecule has 0 saturated heterocycles. The largest absolute Gasteiger partial charge is 0.477 e. The second-order valence-electron chi connectivity index (χ2n) is 4.02. The Bertz CT molecular complexity index is 497. The number of nitrogens with one attached hydrogen (secondary N) is 1. The van der Waals surface area contributed by atoms with Crippen molar-refractivity contribution in [3.05, 3.63) is 36.0 Å². The number of pyridine rings is 1. The summed E-state index contributed by atoms with van der Waals surface area (Å²) < 4.78 is 5.72. The zero-order valence-electron chi connectivity index (χ0n) is 10.4. The van der Waals surface area contributed by atoms with Crippen LogP contribution in [0.4, 0.5) is 0 Å². The Hall–Kier alpha value is -1.61. The molecule has 0 amide bonds. The van der Waals surface area contributed by atoms with Gasteiger partial charge in [0.1, 0.15) is 0 Å². The topological polar surface area (TPSA) is 34.1 Å². The highest BCUT2D eigenvalue weighted by atomic mass is 16.5. The zero-order chi connectivity index (χ0) is 12.1. The number of nitrogens with zero attached hydrogens (tertiary/aromatic N) is 1. The van der Waals surface area contributed by atoms with Gasteiger partial charge in [0.15, 0.2) is 0 Å². The highest BCUT2D eigenvalue weighted by Crippen LogP contribution is 2.24. The van der Waals surface area contributed by atoms with Crippen molar-refractivity contribution in [1.29, 1.82) is 0 Å². The summed E-state index contributed by atoms with van der Waals surface area (Å²) in [5.41, 5.74) is 1.01. The van der Waals surface area contributed by atoms with Crippen LogP contribution in [0.5, 0.6) is 5.88 Å². The van der Waals surface area contributed by atoms with E-state index in [0.29, 0.717) is 6.61 Å². The maximum absolute atomic E-state index is 5.72. The molecule has 0 radical (unpaired) electrons. The lowest BCUT2D eigenvalue weighted by Crippen LogP contribution is -2.08. The third-order valence-corrected chi connectivity index (χ3v) is 2.56. The van der Waals surface area contributed by atoms with Crippen molar-refractivity contribution in [3.8, 4) is 5.88 Å².